The summed E-state index contributed by atoms with van der Waals surface area (Å²) in [4.78, 5) is 29.7. The maximum atomic E-state index is 12.6. The molecule has 5 heterocycles. The molecule has 10 nitrogen and oxygen atoms in total. The van der Waals surface area contributed by atoms with Gasteiger partial charge in [0.1, 0.15) is 17.8 Å². The number of likely N-dealkylation sites (tertiary alicyclic amines) is 1. The van der Waals surface area contributed by atoms with Gasteiger partial charge >= 0.3 is 6.03 Å². The average molecular weight is 477 g/mol. The second kappa shape index (κ2) is 9.80. The Kier molecular flexibility index (Phi) is 6.24. The van der Waals surface area contributed by atoms with E-state index in [-0.39, 0.29) is 12.1 Å². The summed E-state index contributed by atoms with van der Waals surface area (Å²) in [5, 5.41) is 10.5. The third kappa shape index (κ3) is 4.82. The van der Waals surface area contributed by atoms with Gasteiger partial charge in [-0.1, -0.05) is 12.1 Å². The van der Waals surface area contributed by atoms with Crippen molar-refractivity contribution < 1.29 is 9.53 Å². The molecule has 1 unspecified atom stereocenters. The van der Waals surface area contributed by atoms with Crippen molar-refractivity contribution >= 4 is 28.6 Å². The average Bonchev–Trinajstić information content (AvgIpc) is 3.29. The highest BCUT2D eigenvalue weighted by molar-refractivity contribution is 5.93. The molecule has 3 aliphatic heterocycles. The van der Waals surface area contributed by atoms with E-state index in [1.54, 1.807) is 6.33 Å². The Morgan fingerprint density at radius 1 is 1.09 bits per heavy atom. The minimum atomic E-state index is -0.146. The van der Waals surface area contributed by atoms with E-state index in [9.17, 15) is 4.79 Å². The number of hydrogen-bond acceptors (Lipinski definition) is 7. The summed E-state index contributed by atoms with van der Waals surface area (Å²) in [6.45, 7) is 7.24. The first-order valence-electron chi connectivity index (χ1n) is 12.5. The van der Waals surface area contributed by atoms with Crippen LogP contribution >= 0.6 is 0 Å². The van der Waals surface area contributed by atoms with E-state index in [1.807, 2.05) is 24.3 Å². The van der Waals surface area contributed by atoms with Gasteiger partial charge in [-0.2, -0.15) is 0 Å². The first-order chi connectivity index (χ1) is 17.2. The Bertz CT molecular complexity index is 1170. The third-order valence-electron chi connectivity index (χ3n) is 7.23. The number of carbonyl (C=O) groups is 1. The maximum Gasteiger partial charge on any atom is 0.319 e. The van der Waals surface area contributed by atoms with E-state index >= 15 is 0 Å². The lowest BCUT2D eigenvalue weighted by Gasteiger charge is -2.42. The van der Waals surface area contributed by atoms with Crippen LogP contribution in [0.1, 0.15) is 12.8 Å². The van der Waals surface area contributed by atoms with Crippen LogP contribution in [0.2, 0.25) is 0 Å². The van der Waals surface area contributed by atoms with Crippen LogP contribution in [-0.2, 0) is 4.74 Å². The van der Waals surface area contributed by atoms with Crippen molar-refractivity contribution in [2.24, 2.45) is 0 Å². The monoisotopic (exact) mass is 476 g/mol. The number of ether oxygens (including phenoxy) is 1. The summed E-state index contributed by atoms with van der Waals surface area (Å²) in [7, 11) is 0. The second-order valence-electron chi connectivity index (χ2n) is 9.56. The first-order valence-corrected chi connectivity index (χ1v) is 12.5. The maximum absolute atomic E-state index is 12.6. The second-order valence-corrected chi connectivity index (χ2v) is 9.56. The highest BCUT2D eigenvalue weighted by Crippen LogP contribution is 2.29. The Morgan fingerprint density at radius 3 is 2.69 bits per heavy atom. The van der Waals surface area contributed by atoms with Crippen LogP contribution < -0.4 is 20.9 Å². The molecule has 4 N–H and O–H groups in total. The van der Waals surface area contributed by atoms with E-state index in [1.165, 1.54) is 0 Å². The summed E-state index contributed by atoms with van der Waals surface area (Å²) in [6, 6.07) is 10.6. The molecule has 3 aliphatic rings. The number of nitrogens with one attached hydrogen (secondary N) is 4. The van der Waals surface area contributed by atoms with Gasteiger partial charge < -0.3 is 30.6 Å². The minimum absolute atomic E-state index is 0.146. The lowest BCUT2D eigenvalue weighted by atomic mass is 10.0. The topological polar surface area (TPSA) is 110 Å². The third-order valence-corrected chi connectivity index (χ3v) is 7.23. The number of rotatable bonds is 5. The number of aromatic nitrogens is 3. The summed E-state index contributed by atoms with van der Waals surface area (Å²) in [5.41, 5.74) is 3.59. The number of hydrogen-bond donors (Lipinski definition) is 4. The summed E-state index contributed by atoms with van der Waals surface area (Å²) in [6.07, 6.45) is 3.75. The predicted octanol–water partition coefficient (Wildman–Crippen LogP) is 2.02. The number of anilines is 2. The Hall–Kier alpha value is -3.21. The molecular formula is C25H32N8O2. The number of aromatic amines is 1. The van der Waals surface area contributed by atoms with E-state index < -0.39 is 0 Å². The van der Waals surface area contributed by atoms with Gasteiger partial charge in [-0.3, -0.25) is 4.90 Å². The number of carbonyl (C=O) groups excluding carboxylic acids is 1. The highest BCUT2D eigenvalue weighted by Gasteiger charge is 2.29. The number of benzene rings is 1. The summed E-state index contributed by atoms with van der Waals surface area (Å²) >= 11 is 0. The van der Waals surface area contributed by atoms with Crippen molar-refractivity contribution in [2.75, 3.05) is 62.7 Å². The normalized spacial score (nSPS) is 21.6. The van der Waals surface area contributed by atoms with Crippen LogP contribution in [0, 0.1) is 0 Å². The Labute approximate surface area is 204 Å². The number of piperidine rings is 1. The van der Waals surface area contributed by atoms with Gasteiger partial charge in [0.25, 0.3) is 0 Å². The number of amides is 2. The quantitative estimate of drug-likeness (QED) is 0.446. The smallest absolute Gasteiger partial charge is 0.319 e. The fourth-order valence-electron chi connectivity index (χ4n) is 5.18. The molecule has 2 amide bonds. The Balaban J connectivity index is 1.10. The first kappa shape index (κ1) is 22.3. The molecule has 0 spiro atoms. The molecule has 1 atom stereocenters. The lowest BCUT2D eigenvalue weighted by molar-refractivity contribution is 0.104. The number of urea groups is 1. The van der Waals surface area contributed by atoms with E-state index in [0.29, 0.717) is 19.3 Å². The zero-order valence-electron chi connectivity index (χ0n) is 19.8. The van der Waals surface area contributed by atoms with Crippen LogP contribution in [0.15, 0.2) is 36.7 Å². The number of fused-ring (bicyclic) bond motifs is 1. The summed E-state index contributed by atoms with van der Waals surface area (Å²) in [5.74, 6) is 0.936. The van der Waals surface area contributed by atoms with Crippen molar-refractivity contribution in [3.05, 3.63) is 36.7 Å². The molecule has 3 fully saturated rings. The molecule has 0 bridgehead atoms. The predicted molar refractivity (Wildman–Crippen MR) is 136 cm³/mol. The van der Waals surface area contributed by atoms with Crippen molar-refractivity contribution in [3.8, 4) is 11.3 Å². The Morgan fingerprint density at radius 2 is 1.91 bits per heavy atom. The molecule has 6 rings (SSSR count). The van der Waals surface area contributed by atoms with E-state index in [4.69, 9.17) is 4.74 Å². The van der Waals surface area contributed by atoms with Crippen molar-refractivity contribution in [3.63, 3.8) is 0 Å². The molecule has 184 valence electrons. The standard InChI is InChI=1S/C25H32N8O2/c34-25(30-19-2-1-7-33(15-19)20-13-26-14-20)29-18-5-3-17(4-6-18)22-12-21-23(31-22)27-16-28-24(21)32-8-10-35-11-9-32/h3-6,12,16,19-20,26H,1-2,7-11,13-15H2,(H,27,28,31)(H2,29,30,34). The fraction of sp³-hybridized carbons (Fsp3) is 0.480. The molecule has 0 radical (unpaired) electrons. The van der Waals surface area contributed by atoms with Gasteiger partial charge in [0.15, 0.2) is 0 Å². The van der Waals surface area contributed by atoms with Gasteiger partial charge in [0.2, 0.25) is 0 Å². The zero-order valence-corrected chi connectivity index (χ0v) is 19.8. The SMILES string of the molecule is O=C(Nc1ccc(-c2cc3c(N4CCOCC4)ncnc3[nH]2)cc1)NC1CCCN(C2CNC2)C1. The van der Waals surface area contributed by atoms with Crippen LogP contribution in [0.4, 0.5) is 16.3 Å². The van der Waals surface area contributed by atoms with Gasteiger partial charge in [0.05, 0.1) is 18.6 Å². The minimum Gasteiger partial charge on any atom is -0.378 e. The van der Waals surface area contributed by atoms with Crippen molar-refractivity contribution in [1.82, 2.24) is 30.5 Å². The van der Waals surface area contributed by atoms with E-state index in [0.717, 1.165) is 85.9 Å². The van der Waals surface area contributed by atoms with Gasteiger partial charge in [0, 0.05) is 56.2 Å². The molecular weight excluding hydrogens is 444 g/mol. The molecule has 35 heavy (non-hydrogen) atoms. The van der Waals surface area contributed by atoms with Gasteiger partial charge in [-0.05, 0) is 43.1 Å². The van der Waals surface area contributed by atoms with Crippen LogP contribution in [0.5, 0.6) is 0 Å². The summed E-state index contributed by atoms with van der Waals surface area (Å²) < 4.78 is 5.48. The number of H-pyrrole nitrogens is 1. The van der Waals surface area contributed by atoms with E-state index in [2.05, 4.69) is 46.8 Å². The molecule has 0 aliphatic carbocycles. The van der Waals surface area contributed by atoms with Crippen molar-refractivity contribution in [2.45, 2.75) is 24.9 Å². The molecule has 3 saturated heterocycles. The molecule has 2 aromatic heterocycles. The lowest BCUT2D eigenvalue weighted by Crippen LogP contribution is -2.61. The largest absolute Gasteiger partial charge is 0.378 e. The fourth-order valence-corrected chi connectivity index (χ4v) is 5.18. The molecule has 3 aromatic rings. The molecule has 1 aromatic carbocycles. The number of morpholine rings is 1. The van der Waals surface area contributed by atoms with Gasteiger partial charge in [-0.15, -0.1) is 0 Å². The molecule has 0 saturated carbocycles. The molecule has 10 heteroatoms. The van der Waals surface area contributed by atoms with Crippen LogP contribution in [-0.4, -0.2) is 90.4 Å². The zero-order chi connectivity index (χ0) is 23.6. The van der Waals surface area contributed by atoms with Crippen molar-refractivity contribution in [1.29, 1.82) is 0 Å². The highest BCUT2D eigenvalue weighted by atomic mass is 16.5. The van der Waals surface area contributed by atoms with Gasteiger partial charge in [-0.25, -0.2) is 14.8 Å². The van der Waals surface area contributed by atoms with Crippen LogP contribution in [0.25, 0.3) is 22.3 Å². The number of nitrogens with zero attached hydrogens (tertiary/aromatic N) is 4. The van der Waals surface area contributed by atoms with Crippen LogP contribution in [0.3, 0.4) is 0 Å².